The first-order valence-corrected chi connectivity index (χ1v) is 6.99. The lowest BCUT2D eigenvalue weighted by molar-refractivity contribution is 0.194. The molecule has 0 saturated carbocycles. The van der Waals surface area contributed by atoms with Gasteiger partial charge < -0.3 is 15.1 Å². The Morgan fingerprint density at radius 3 is 2.95 bits per heavy atom. The summed E-state index contributed by atoms with van der Waals surface area (Å²) in [6.07, 6.45) is 3.00. The molecule has 1 aliphatic rings. The second-order valence-electron chi connectivity index (χ2n) is 5.20. The topological polar surface area (TPSA) is 43.7 Å². The van der Waals surface area contributed by atoms with E-state index in [-0.39, 0.29) is 12.4 Å². The highest BCUT2D eigenvalue weighted by Crippen LogP contribution is 2.34. The molecule has 2 atom stereocenters. The van der Waals surface area contributed by atoms with E-state index in [0.29, 0.717) is 11.6 Å². The molecule has 1 aromatic carbocycles. The maximum atomic E-state index is 13.9. The Balaban J connectivity index is 2.27. The van der Waals surface area contributed by atoms with Gasteiger partial charge in [-0.05, 0) is 44.7 Å². The zero-order chi connectivity index (χ0) is 13.8. The fraction of sp³-hybridized carbons (Fsp3) is 0.600. The fourth-order valence-electron chi connectivity index (χ4n) is 2.97. The van der Waals surface area contributed by atoms with Crippen molar-refractivity contribution in [3.63, 3.8) is 0 Å². The van der Waals surface area contributed by atoms with Crippen LogP contribution in [0, 0.1) is 5.82 Å². The molecule has 1 heterocycles. The quantitative estimate of drug-likeness (QED) is 0.862. The summed E-state index contributed by atoms with van der Waals surface area (Å²) in [6.45, 7) is 2.68. The highest BCUT2D eigenvalue weighted by Gasteiger charge is 2.27. The van der Waals surface area contributed by atoms with Gasteiger partial charge in [-0.25, -0.2) is 4.39 Å². The molecule has 4 heteroatoms. The van der Waals surface area contributed by atoms with Gasteiger partial charge >= 0.3 is 0 Å². The van der Waals surface area contributed by atoms with E-state index < -0.39 is 6.10 Å². The van der Waals surface area contributed by atoms with Gasteiger partial charge in [-0.3, -0.25) is 0 Å². The van der Waals surface area contributed by atoms with Crippen molar-refractivity contribution in [3.8, 4) is 0 Å². The predicted octanol–water partition coefficient (Wildman–Crippen LogP) is 2.62. The van der Waals surface area contributed by atoms with Crippen LogP contribution in [-0.4, -0.2) is 29.4 Å². The molecule has 19 heavy (non-hydrogen) atoms. The van der Waals surface area contributed by atoms with Gasteiger partial charge in [0.2, 0.25) is 0 Å². The molecule has 106 valence electrons. The first-order valence-electron chi connectivity index (χ1n) is 6.99. The van der Waals surface area contributed by atoms with E-state index in [0.717, 1.165) is 37.9 Å². The van der Waals surface area contributed by atoms with Gasteiger partial charge in [0, 0.05) is 30.4 Å². The van der Waals surface area contributed by atoms with Gasteiger partial charge in [0.05, 0.1) is 6.10 Å². The molecule has 0 aromatic heterocycles. The van der Waals surface area contributed by atoms with Crippen LogP contribution in [0.2, 0.25) is 0 Å². The summed E-state index contributed by atoms with van der Waals surface area (Å²) in [4.78, 5) is 2.18. The van der Waals surface area contributed by atoms with Crippen molar-refractivity contribution in [1.29, 1.82) is 0 Å². The molecule has 2 rings (SSSR count). The number of rotatable bonds is 5. The molecule has 0 aliphatic carbocycles. The standard InChI is InChI=1S/C15H22FNO2/c1-11(19)15-13(16)7-2-8-14(15)17-9-3-5-12(17)6-4-10-18/h2,7-8,11-12,18-19H,3-6,9-10H2,1H3/t11-,12?/m0/s1. The minimum atomic E-state index is -0.810. The number of aliphatic hydroxyl groups is 2. The largest absolute Gasteiger partial charge is 0.396 e. The van der Waals surface area contributed by atoms with Gasteiger partial charge in [0.1, 0.15) is 5.82 Å². The highest BCUT2D eigenvalue weighted by molar-refractivity contribution is 5.56. The van der Waals surface area contributed by atoms with Crippen LogP contribution in [0.15, 0.2) is 18.2 Å². The first kappa shape index (κ1) is 14.3. The summed E-state index contributed by atoms with van der Waals surface area (Å²) in [5, 5.41) is 18.8. The average molecular weight is 267 g/mol. The molecule has 0 bridgehead atoms. The van der Waals surface area contributed by atoms with E-state index >= 15 is 0 Å². The van der Waals surface area contributed by atoms with Gasteiger partial charge in [0.15, 0.2) is 0 Å². The molecule has 0 amide bonds. The van der Waals surface area contributed by atoms with Gasteiger partial charge in [0.25, 0.3) is 0 Å². The van der Waals surface area contributed by atoms with Gasteiger partial charge in [-0.1, -0.05) is 6.07 Å². The van der Waals surface area contributed by atoms with Crippen molar-refractivity contribution in [1.82, 2.24) is 0 Å². The normalized spacial score (nSPS) is 20.8. The van der Waals surface area contributed by atoms with E-state index in [1.54, 1.807) is 13.0 Å². The number of halogens is 1. The van der Waals surface area contributed by atoms with E-state index in [1.807, 2.05) is 6.07 Å². The fourth-order valence-corrected chi connectivity index (χ4v) is 2.97. The van der Waals surface area contributed by atoms with E-state index in [2.05, 4.69) is 4.90 Å². The molecule has 1 unspecified atom stereocenters. The molecular formula is C15H22FNO2. The minimum absolute atomic E-state index is 0.191. The SMILES string of the molecule is C[C@H](O)c1c(F)cccc1N1CCCC1CCCO. The lowest BCUT2D eigenvalue weighted by Crippen LogP contribution is -2.30. The van der Waals surface area contributed by atoms with Crippen molar-refractivity contribution in [2.75, 3.05) is 18.1 Å². The summed E-state index contributed by atoms with van der Waals surface area (Å²) in [6, 6.07) is 5.30. The zero-order valence-corrected chi connectivity index (χ0v) is 11.3. The van der Waals surface area contributed by atoms with Gasteiger partial charge in [-0.15, -0.1) is 0 Å². The maximum absolute atomic E-state index is 13.9. The monoisotopic (exact) mass is 267 g/mol. The van der Waals surface area contributed by atoms with Gasteiger partial charge in [-0.2, -0.15) is 0 Å². The first-order chi connectivity index (χ1) is 9.15. The number of hydrogen-bond acceptors (Lipinski definition) is 3. The van der Waals surface area contributed by atoms with Crippen molar-refractivity contribution < 1.29 is 14.6 Å². The third-order valence-electron chi connectivity index (χ3n) is 3.83. The van der Waals surface area contributed by atoms with Crippen LogP contribution in [0.1, 0.15) is 44.3 Å². The molecule has 2 N–H and O–H groups in total. The maximum Gasteiger partial charge on any atom is 0.131 e. The third-order valence-corrected chi connectivity index (χ3v) is 3.83. The third kappa shape index (κ3) is 3.07. The molecule has 1 saturated heterocycles. The van der Waals surface area contributed by atoms with Crippen LogP contribution in [0.25, 0.3) is 0 Å². The summed E-state index contributed by atoms with van der Waals surface area (Å²) in [5.74, 6) is -0.347. The number of benzene rings is 1. The van der Waals surface area contributed by atoms with Crippen LogP contribution in [0.3, 0.4) is 0 Å². The van der Waals surface area contributed by atoms with Crippen LogP contribution in [-0.2, 0) is 0 Å². The highest BCUT2D eigenvalue weighted by atomic mass is 19.1. The Hall–Kier alpha value is -1.13. The smallest absolute Gasteiger partial charge is 0.131 e. The van der Waals surface area contributed by atoms with E-state index in [4.69, 9.17) is 5.11 Å². The average Bonchev–Trinajstić information content (AvgIpc) is 2.83. The number of hydrogen-bond donors (Lipinski definition) is 2. The summed E-state index contributed by atoms with van der Waals surface area (Å²) >= 11 is 0. The van der Waals surface area contributed by atoms with Crippen molar-refractivity contribution in [2.24, 2.45) is 0 Å². The van der Waals surface area contributed by atoms with Crippen LogP contribution >= 0.6 is 0 Å². The van der Waals surface area contributed by atoms with Crippen LogP contribution < -0.4 is 4.90 Å². The van der Waals surface area contributed by atoms with Crippen molar-refractivity contribution >= 4 is 5.69 Å². The van der Waals surface area contributed by atoms with Crippen molar-refractivity contribution in [3.05, 3.63) is 29.6 Å². The summed E-state index contributed by atoms with van der Waals surface area (Å²) in [7, 11) is 0. The molecule has 0 spiro atoms. The molecule has 1 fully saturated rings. The van der Waals surface area contributed by atoms with Crippen LogP contribution in [0.5, 0.6) is 0 Å². The van der Waals surface area contributed by atoms with Crippen LogP contribution in [0.4, 0.5) is 10.1 Å². The molecule has 0 radical (unpaired) electrons. The Morgan fingerprint density at radius 1 is 1.47 bits per heavy atom. The Morgan fingerprint density at radius 2 is 2.26 bits per heavy atom. The predicted molar refractivity (Wildman–Crippen MR) is 73.7 cm³/mol. The molecule has 1 aliphatic heterocycles. The van der Waals surface area contributed by atoms with Crippen molar-refractivity contribution in [2.45, 2.75) is 44.8 Å². The second kappa shape index (κ2) is 6.35. The number of anilines is 1. The molecular weight excluding hydrogens is 245 g/mol. The minimum Gasteiger partial charge on any atom is -0.396 e. The molecule has 3 nitrogen and oxygen atoms in total. The van der Waals surface area contributed by atoms with E-state index in [1.165, 1.54) is 6.07 Å². The van der Waals surface area contributed by atoms with E-state index in [9.17, 15) is 9.50 Å². The number of aliphatic hydroxyl groups excluding tert-OH is 2. The molecule has 1 aromatic rings. The Bertz CT molecular complexity index is 423. The Kier molecular flexibility index (Phi) is 4.77. The zero-order valence-electron chi connectivity index (χ0n) is 11.3. The lowest BCUT2D eigenvalue weighted by atomic mass is 10.0. The Labute approximate surface area is 113 Å². The summed E-state index contributed by atoms with van der Waals surface area (Å²) < 4.78 is 13.9. The number of nitrogens with zero attached hydrogens (tertiary/aromatic N) is 1. The second-order valence-corrected chi connectivity index (χ2v) is 5.20. The summed E-state index contributed by atoms with van der Waals surface area (Å²) in [5.41, 5.74) is 1.19. The lowest BCUT2D eigenvalue weighted by Gasteiger charge is -2.29.